The van der Waals surface area contributed by atoms with Crippen molar-refractivity contribution >= 4 is 6.09 Å². The van der Waals surface area contributed by atoms with Crippen molar-refractivity contribution in [2.24, 2.45) is 0 Å². The highest BCUT2D eigenvalue weighted by Gasteiger charge is 2.43. The van der Waals surface area contributed by atoms with Crippen LogP contribution in [0.15, 0.2) is 78.9 Å². The van der Waals surface area contributed by atoms with E-state index in [0.29, 0.717) is 25.8 Å². The van der Waals surface area contributed by atoms with Gasteiger partial charge in [-0.05, 0) is 54.2 Å². The minimum absolute atomic E-state index is 0.0622. The zero-order chi connectivity index (χ0) is 22.6. The van der Waals surface area contributed by atoms with Crippen LogP contribution in [0.5, 0.6) is 0 Å². The van der Waals surface area contributed by atoms with Gasteiger partial charge < -0.3 is 14.7 Å². The summed E-state index contributed by atoms with van der Waals surface area (Å²) in [6.07, 6.45) is 1.49. The highest BCUT2D eigenvalue weighted by atomic mass is 19.1. The molecule has 0 saturated carbocycles. The minimum atomic E-state index is -0.705. The Bertz CT molecular complexity index is 1040. The van der Waals surface area contributed by atoms with Crippen LogP contribution in [0.3, 0.4) is 0 Å². The Kier molecular flexibility index (Phi) is 6.56. The topological polar surface area (TPSA) is 49.8 Å². The van der Waals surface area contributed by atoms with Crippen LogP contribution < -0.4 is 0 Å². The Morgan fingerprint density at radius 2 is 1.62 bits per heavy atom. The lowest BCUT2D eigenvalue weighted by molar-refractivity contribution is -0.0680. The summed E-state index contributed by atoms with van der Waals surface area (Å²) in [5.74, 6) is -0.256. The number of hydrogen-bond donors (Lipinski definition) is 1. The Hall–Kier alpha value is -3.18. The summed E-state index contributed by atoms with van der Waals surface area (Å²) >= 11 is 0. The van der Waals surface area contributed by atoms with Crippen LogP contribution >= 0.6 is 0 Å². The van der Waals surface area contributed by atoms with E-state index in [-0.39, 0.29) is 24.6 Å². The second-order valence-electron chi connectivity index (χ2n) is 8.30. The molecule has 1 saturated heterocycles. The number of amides is 1. The van der Waals surface area contributed by atoms with Gasteiger partial charge in [0.25, 0.3) is 0 Å². The second-order valence-corrected chi connectivity index (χ2v) is 8.30. The fraction of sp³-hybridized carbons (Fsp3) is 0.296. The largest absolute Gasteiger partial charge is 0.438 e. The van der Waals surface area contributed by atoms with Gasteiger partial charge in [-0.2, -0.15) is 0 Å². The number of carbonyl (C=O) groups excluding carboxylic acids is 1. The maximum atomic E-state index is 13.2. The molecule has 0 unspecified atom stereocenters. The number of carbonyl (C=O) groups is 1. The van der Waals surface area contributed by atoms with Crippen LogP contribution in [-0.4, -0.2) is 29.3 Å². The minimum Gasteiger partial charge on any atom is -0.438 e. The molecule has 1 fully saturated rings. The molecule has 5 heteroatoms. The molecule has 0 spiro atoms. The van der Waals surface area contributed by atoms with Gasteiger partial charge in [-0.3, -0.25) is 0 Å². The zero-order valence-electron chi connectivity index (χ0n) is 18.2. The third-order valence-electron chi connectivity index (χ3n) is 6.35. The summed E-state index contributed by atoms with van der Waals surface area (Å²) in [6.45, 7) is 2.63. The molecular formula is C27H28FNO3. The molecule has 0 bridgehead atoms. The summed E-state index contributed by atoms with van der Waals surface area (Å²) in [5, 5.41) is 9.36. The van der Waals surface area contributed by atoms with Crippen LogP contribution in [0.4, 0.5) is 9.18 Å². The molecule has 2 atom stereocenters. The Morgan fingerprint density at radius 3 is 2.22 bits per heavy atom. The normalized spacial score (nSPS) is 19.5. The van der Waals surface area contributed by atoms with Crippen LogP contribution in [0.25, 0.3) is 11.1 Å². The van der Waals surface area contributed by atoms with Gasteiger partial charge in [-0.15, -0.1) is 0 Å². The molecule has 1 amide bonds. The third-order valence-corrected chi connectivity index (χ3v) is 6.35. The van der Waals surface area contributed by atoms with Gasteiger partial charge in [0.05, 0.1) is 6.04 Å². The van der Waals surface area contributed by atoms with E-state index in [9.17, 15) is 14.3 Å². The Balaban J connectivity index is 1.50. The maximum absolute atomic E-state index is 13.2. The number of benzene rings is 3. The first-order valence-electron chi connectivity index (χ1n) is 11.0. The summed E-state index contributed by atoms with van der Waals surface area (Å²) in [7, 11) is 0. The predicted molar refractivity (Wildman–Crippen MR) is 122 cm³/mol. The fourth-order valence-corrected chi connectivity index (χ4v) is 4.43. The van der Waals surface area contributed by atoms with E-state index in [4.69, 9.17) is 4.74 Å². The van der Waals surface area contributed by atoms with E-state index in [1.165, 1.54) is 12.1 Å². The Labute approximate surface area is 188 Å². The molecule has 4 rings (SSSR count). The molecule has 1 N–H and O–H groups in total. The Morgan fingerprint density at radius 1 is 1.00 bits per heavy atom. The lowest BCUT2D eigenvalue weighted by Gasteiger charge is -2.43. The molecule has 1 aliphatic heterocycles. The van der Waals surface area contributed by atoms with E-state index in [0.717, 1.165) is 22.3 Å². The van der Waals surface area contributed by atoms with Gasteiger partial charge in [-0.1, -0.05) is 66.7 Å². The van der Waals surface area contributed by atoms with Crippen molar-refractivity contribution in [3.8, 4) is 11.1 Å². The highest BCUT2D eigenvalue weighted by molar-refractivity contribution is 5.70. The lowest BCUT2D eigenvalue weighted by atomic mass is 9.84. The molecule has 1 aliphatic rings. The molecule has 1 heterocycles. The van der Waals surface area contributed by atoms with Crippen molar-refractivity contribution in [1.82, 2.24) is 4.90 Å². The van der Waals surface area contributed by atoms with Crippen molar-refractivity contribution in [2.75, 3.05) is 13.2 Å². The number of cyclic esters (lactones) is 1. The van der Waals surface area contributed by atoms with Crippen molar-refractivity contribution in [3.05, 3.63) is 95.8 Å². The number of nitrogens with zero attached hydrogens (tertiary/aromatic N) is 1. The second kappa shape index (κ2) is 9.53. The number of ether oxygens (including phenoxy) is 1. The smallest absolute Gasteiger partial charge is 0.411 e. The quantitative estimate of drug-likeness (QED) is 0.492. The number of hydrogen-bond acceptors (Lipinski definition) is 3. The zero-order valence-corrected chi connectivity index (χ0v) is 18.2. The first-order chi connectivity index (χ1) is 15.5. The van der Waals surface area contributed by atoms with Gasteiger partial charge in [-0.25, -0.2) is 9.18 Å². The third kappa shape index (κ3) is 4.53. The van der Waals surface area contributed by atoms with Crippen molar-refractivity contribution in [1.29, 1.82) is 0 Å². The van der Waals surface area contributed by atoms with E-state index in [1.807, 2.05) is 61.5 Å². The van der Waals surface area contributed by atoms with Crippen LogP contribution in [0, 0.1) is 5.82 Å². The van der Waals surface area contributed by atoms with Crippen LogP contribution in [0.2, 0.25) is 0 Å². The SMILES string of the molecule is C[C@@H](c1ccc(-c2ccc(F)cc2)cc1)N1CC[C@@](CCCO)(c2ccccc2)OC1=O. The van der Waals surface area contributed by atoms with Gasteiger partial charge in [0.15, 0.2) is 0 Å². The average molecular weight is 434 g/mol. The summed E-state index contributed by atoms with van der Waals surface area (Å²) in [5.41, 5.74) is 3.21. The highest BCUT2D eigenvalue weighted by Crippen LogP contribution is 2.40. The van der Waals surface area contributed by atoms with Gasteiger partial charge >= 0.3 is 6.09 Å². The number of halogens is 1. The molecule has 3 aromatic rings. The monoisotopic (exact) mass is 433 g/mol. The van der Waals surface area contributed by atoms with Crippen molar-refractivity contribution in [2.45, 2.75) is 37.8 Å². The molecule has 32 heavy (non-hydrogen) atoms. The first-order valence-corrected chi connectivity index (χ1v) is 11.0. The molecule has 0 aliphatic carbocycles. The van der Waals surface area contributed by atoms with E-state index < -0.39 is 5.60 Å². The fourth-order valence-electron chi connectivity index (χ4n) is 4.43. The molecule has 3 aromatic carbocycles. The van der Waals surface area contributed by atoms with Gasteiger partial charge in [0.1, 0.15) is 11.4 Å². The molecule has 4 nitrogen and oxygen atoms in total. The first kappa shape index (κ1) is 22.0. The van der Waals surface area contributed by atoms with Gasteiger partial charge in [0, 0.05) is 19.6 Å². The van der Waals surface area contributed by atoms with Gasteiger partial charge in [0.2, 0.25) is 0 Å². The molecule has 0 radical (unpaired) electrons. The van der Waals surface area contributed by atoms with Crippen LogP contribution in [0.1, 0.15) is 43.4 Å². The number of aliphatic hydroxyl groups excluding tert-OH is 1. The van der Waals surface area contributed by atoms with E-state index >= 15 is 0 Å². The van der Waals surface area contributed by atoms with Crippen LogP contribution in [-0.2, 0) is 10.3 Å². The molecular weight excluding hydrogens is 405 g/mol. The predicted octanol–water partition coefficient (Wildman–Crippen LogP) is 6.06. The summed E-state index contributed by atoms with van der Waals surface area (Å²) < 4.78 is 19.2. The van der Waals surface area contributed by atoms with Crippen molar-refractivity contribution in [3.63, 3.8) is 0 Å². The van der Waals surface area contributed by atoms with Crippen molar-refractivity contribution < 1.29 is 19.0 Å². The summed E-state index contributed by atoms with van der Waals surface area (Å²) in [6, 6.07) is 24.1. The lowest BCUT2D eigenvalue weighted by Crippen LogP contribution is -2.48. The molecule has 166 valence electrons. The maximum Gasteiger partial charge on any atom is 0.411 e. The summed E-state index contributed by atoms with van der Waals surface area (Å²) in [4.78, 5) is 14.8. The molecule has 0 aromatic heterocycles. The number of aliphatic hydroxyl groups is 1. The standard InChI is InChI=1S/C27H28FNO3/c1-20(21-8-10-22(11-9-21)23-12-14-25(28)15-13-23)29-18-17-27(16-5-19-30,32-26(29)31)24-6-3-2-4-7-24/h2-4,6-15,20,30H,5,16-19H2,1H3/t20-,27-/m0/s1. The number of rotatable bonds is 7. The van der Waals surface area contributed by atoms with E-state index in [1.54, 1.807) is 17.0 Å². The van der Waals surface area contributed by atoms with E-state index in [2.05, 4.69) is 0 Å². The average Bonchev–Trinajstić information content (AvgIpc) is 2.83.